The van der Waals surface area contributed by atoms with Crippen molar-refractivity contribution in [2.45, 2.75) is 10.6 Å². The third-order valence-electron chi connectivity index (χ3n) is 6.62. The van der Waals surface area contributed by atoms with Crippen molar-refractivity contribution < 1.29 is 17.9 Å². The summed E-state index contributed by atoms with van der Waals surface area (Å²) in [5.74, 6) is -1.22. The van der Waals surface area contributed by atoms with Gasteiger partial charge >= 0.3 is 5.69 Å². The Hall–Kier alpha value is -3.00. The number of morpholine rings is 1. The molecule has 0 amide bonds. The number of nitrogens with zero attached hydrogens (tertiary/aromatic N) is 2. The van der Waals surface area contributed by atoms with E-state index in [1.807, 2.05) is 0 Å². The summed E-state index contributed by atoms with van der Waals surface area (Å²) >= 11 is 13.1. The number of Topliss-reactive ketones (excluding diaryl/α,β-unsaturated/α-hetero) is 1. The third kappa shape index (κ3) is 6.91. The number of aromatic nitrogens is 2. The van der Waals surface area contributed by atoms with Crippen LogP contribution in [0.2, 0.25) is 9.36 Å². The molecule has 14 heteroatoms. The number of ether oxygens (including phenoxy) is 1. The second-order valence-electron chi connectivity index (χ2n) is 9.53. The number of carbonyl (C=O) groups is 1. The molecule has 1 fully saturated rings. The van der Waals surface area contributed by atoms with Gasteiger partial charge in [0.05, 0.1) is 39.2 Å². The van der Waals surface area contributed by atoms with Crippen LogP contribution in [0.5, 0.6) is 0 Å². The van der Waals surface area contributed by atoms with Crippen molar-refractivity contribution in [3.8, 4) is 5.69 Å². The van der Waals surface area contributed by atoms with E-state index in [0.717, 1.165) is 54.4 Å². The number of rotatable bonds is 10. The molecule has 0 radical (unpaired) electrons. The fourth-order valence-electron chi connectivity index (χ4n) is 4.60. The molecule has 0 atom stereocenters. The highest BCUT2D eigenvalue weighted by atomic mass is 35.5. The van der Waals surface area contributed by atoms with Gasteiger partial charge in [0.1, 0.15) is 9.96 Å². The Balaban J connectivity index is 1.31. The van der Waals surface area contributed by atoms with Gasteiger partial charge in [-0.1, -0.05) is 29.3 Å². The van der Waals surface area contributed by atoms with E-state index in [1.165, 1.54) is 30.3 Å². The predicted molar refractivity (Wildman–Crippen MR) is 161 cm³/mol. The number of benzene rings is 2. The molecule has 5 rings (SSSR count). The molecule has 2 aromatic heterocycles. The summed E-state index contributed by atoms with van der Waals surface area (Å²) in [6.07, 6.45) is -0.192. The van der Waals surface area contributed by atoms with E-state index in [2.05, 4.69) is 15.2 Å². The molecule has 0 unspecified atom stereocenters. The van der Waals surface area contributed by atoms with E-state index >= 15 is 0 Å². The van der Waals surface area contributed by atoms with E-state index in [9.17, 15) is 22.8 Å². The number of ketones is 1. The zero-order valence-corrected chi connectivity index (χ0v) is 24.8. The monoisotopic (exact) mass is 636 g/mol. The lowest BCUT2D eigenvalue weighted by molar-refractivity contribution is -0.116. The van der Waals surface area contributed by atoms with Gasteiger partial charge in [0.25, 0.3) is 5.56 Å². The second kappa shape index (κ2) is 12.5. The van der Waals surface area contributed by atoms with Crippen LogP contribution in [0.1, 0.15) is 5.56 Å². The molecule has 0 aliphatic carbocycles. The first-order valence-corrected chi connectivity index (χ1v) is 15.9. The lowest BCUT2D eigenvalue weighted by Gasteiger charge is -2.26. The van der Waals surface area contributed by atoms with Gasteiger partial charge in [-0.25, -0.2) is 17.8 Å². The smallest absolute Gasteiger partial charge is 0.333 e. The minimum atomic E-state index is -3.82. The van der Waals surface area contributed by atoms with Crippen molar-refractivity contribution in [3.05, 3.63) is 84.3 Å². The Morgan fingerprint density at radius 3 is 2.54 bits per heavy atom. The number of H-pyrrole nitrogens is 1. The molecule has 0 spiro atoms. The van der Waals surface area contributed by atoms with Crippen molar-refractivity contribution >= 4 is 66.7 Å². The van der Waals surface area contributed by atoms with Gasteiger partial charge in [-0.2, -0.15) is 0 Å². The molecular weight excluding hydrogens is 611 g/mol. The average molecular weight is 638 g/mol. The minimum absolute atomic E-state index is 0.0232. The molecule has 0 saturated carbocycles. The fourth-order valence-corrected chi connectivity index (χ4v) is 7.70. The molecule has 216 valence electrons. The van der Waals surface area contributed by atoms with E-state index in [4.69, 9.17) is 27.9 Å². The van der Waals surface area contributed by atoms with Crippen LogP contribution in [0.3, 0.4) is 0 Å². The van der Waals surface area contributed by atoms with Crippen molar-refractivity contribution in [2.24, 2.45) is 0 Å². The maximum atomic E-state index is 13.3. The standard InChI is InChI=1S/C27H26Cl2N4O6S2/c28-21-14-17(13-19(34)16-41(37,38)25-6-5-24(29)40-25)1-4-23(21)33-26(35)20-3-2-18(15-22(20)31-27(33)36)30-7-8-32-9-11-39-12-10-32/h1-6,14-15,30H,7-13,16H2,(H,31,36). The van der Waals surface area contributed by atoms with E-state index < -0.39 is 32.6 Å². The summed E-state index contributed by atoms with van der Waals surface area (Å²) in [6.45, 7) is 4.78. The quantitative estimate of drug-likeness (QED) is 0.271. The first kappa shape index (κ1) is 29.5. The van der Waals surface area contributed by atoms with E-state index in [-0.39, 0.29) is 21.3 Å². The molecule has 41 heavy (non-hydrogen) atoms. The van der Waals surface area contributed by atoms with Crippen LogP contribution in [0, 0.1) is 0 Å². The number of hydrogen-bond acceptors (Lipinski definition) is 9. The summed E-state index contributed by atoms with van der Waals surface area (Å²) in [6, 6.07) is 12.4. The average Bonchev–Trinajstić information content (AvgIpc) is 3.37. The van der Waals surface area contributed by atoms with Gasteiger partial charge in [-0.05, 0) is 48.0 Å². The normalized spacial score (nSPS) is 14.4. The summed E-state index contributed by atoms with van der Waals surface area (Å²) in [5, 5.41) is 3.69. The third-order valence-corrected chi connectivity index (χ3v) is 10.4. The van der Waals surface area contributed by atoms with Gasteiger partial charge in [0.15, 0.2) is 15.6 Å². The van der Waals surface area contributed by atoms with E-state index in [0.29, 0.717) is 27.3 Å². The molecule has 10 nitrogen and oxygen atoms in total. The van der Waals surface area contributed by atoms with E-state index in [1.54, 1.807) is 18.2 Å². The number of hydrogen-bond donors (Lipinski definition) is 2. The Bertz CT molecular complexity index is 1830. The summed E-state index contributed by atoms with van der Waals surface area (Å²) < 4.78 is 31.6. The Morgan fingerprint density at radius 1 is 1.05 bits per heavy atom. The molecule has 4 aromatic rings. The molecular formula is C27H26Cl2N4O6S2. The maximum absolute atomic E-state index is 13.3. The SMILES string of the molecule is O=C(Cc1ccc(-n2c(=O)[nH]c3cc(NCCN4CCOCC4)ccc3c2=O)c(Cl)c1)CS(=O)(=O)c1ccc(Cl)s1. The van der Waals surface area contributed by atoms with Crippen molar-refractivity contribution in [1.29, 1.82) is 0 Å². The topological polar surface area (TPSA) is 131 Å². The number of halogens is 2. The molecule has 0 bridgehead atoms. The largest absolute Gasteiger partial charge is 0.384 e. The van der Waals surface area contributed by atoms with Crippen molar-refractivity contribution in [2.75, 3.05) is 50.5 Å². The molecule has 1 aliphatic rings. The molecule has 2 aromatic carbocycles. The predicted octanol–water partition coefficient (Wildman–Crippen LogP) is 3.38. The molecule has 1 aliphatic heterocycles. The van der Waals surface area contributed by atoms with Crippen LogP contribution in [-0.2, 0) is 25.8 Å². The highest BCUT2D eigenvalue weighted by molar-refractivity contribution is 7.94. The first-order valence-electron chi connectivity index (χ1n) is 12.7. The van der Waals surface area contributed by atoms with Crippen LogP contribution >= 0.6 is 34.5 Å². The van der Waals surface area contributed by atoms with Crippen LogP contribution in [0.15, 0.2) is 62.3 Å². The number of aromatic amines is 1. The minimum Gasteiger partial charge on any atom is -0.384 e. The number of fused-ring (bicyclic) bond motifs is 1. The van der Waals surface area contributed by atoms with Crippen LogP contribution in [0.25, 0.3) is 16.6 Å². The first-order chi connectivity index (χ1) is 19.6. The highest BCUT2D eigenvalue weighted by Crippen LogP contribution is 2.27. The van der Waals surface area contributed by atoms with Gasteiger partial charge in [0, 0.05) is 38.3 Å². The lowest BCUT2D eigenvalue weighted by atomic mass is 10.1. The molecule has 3 heterocycles. The number of anilines is 1. The zero-order valence-electron chi connectivity index (χ0n) is 21.7. The Morgan fingerprint density at radius 2 is 1.83 bits per heavy atom. The summed E-state index contributed by atoms with van der Waals surface area (Å²) in [7, 11) is -3.82. The second-order valence-corrected chi connectivity index (χ2v) is 13.9. The van der Waals surface area contributed by atoms with Crippen LogP contribution < -0.4 is 16.6 Å². The van der Waals surface area contributed by atoms with Gasteiger partial charge < -0.3 is 15.0 Å². The summed E-state index contributed by atoms with van der Waals surface area (Å²) in [4.78, 5) is 43.9. The lowest BCUT2D eigenvalue weighted by Crippen LogP contribution is -2.39. The zero-order chi connectivity index (χ0) is 29.1. The van der Waals surface area contributed by atoms with Gasteiger partial charge in [0.2, 0.25) is 0 Å². The Labute approximate surface area is 249 Å². The fraction of sp³-hybridized carbons (Fsp3) is 0.296. The molecule has 2 N–H and O–H groups in total. The van der Waals surface area contributed by atoms with Gasteiger partial charge in [-0.15, -0.1) is 11.3 Å². The number of sulfone groups is 1. The number of carbonyl (C=O) groups excluding carboxylic acids is 1. The number of nitrogens with one attached hydrogen (secondary N) is 2. The number of thiophene rings is 1. The van der Waals surface area contributed by atoms with Crippen LogP contribution in [-0.4, -0.2) is 73.8 Å². The van der Waals surface area contributed by atoms with Crippen molar-refractivity contribution in [3.63, 3.8) is 0 Å². The summed E-state index contributed by atoms with van der Waals surface area (Å²) in [5.41, 5.74) is 0.536. The van der Waals surface area contributed by atoms with Gasteiger partial charge in [-0.3, -0.25) is 14.5 Å². The highest BCUT2D eigenvalue weighted by Gasteiger charge is 2.22. The maximum Gasteiger partial charge on any atom is 0.333 e. The van der Waals surface area contributed by atoms with Crippen LogP contribution in [0.4, 0.5) is 5.69 Å². The molecule has 1 saturated heterocycles. The van der Waals surface area contributed by atoms with Crippen molar-refractivity contribution in [1.82, 2.24) is 14.5 Å². The Kier molecular flexibility index (Phi) is 8.97.